The molecule has 0 aliphatic carbocycles. The van der Waals surface area contributed by atoms with Crippen LogP contribution in [0.1, 0.15) is 18.4 Å². The van der Waals surface area contributed by atoms with Crippen LogP contribution in [-0.4, -0.2) is 29.0 Å². The van der Waals surface area contributed by atoms with Crippen LogP contribution in [-0.2, 0) is 11.0 Å². The van der Waals surface area contributed by atoms with E-state index in [1.54, 1.807) is 6.33 Å². The summed E-state index contributed by atoms with van der Waals surface area (Å²) in [5.74, 6) is 0.441. The van der Waals surface area contributed by atoms with Gasteiger partial charge in [0.15, 0.2) is 0 Å². The topological polar surface area (TPSA) is 58.1 Å². The van der Waals surface area contributed by atoms with Crippen molar-refractivity contribution in [1.82, 2.24) is 9.97 Å². The summed E-state index contributed by atoms with van der Waals surface area (Å²) in [4.78, 5) is 23.4. The lowest BCUT2D eigenvalue weighted by molar-refractivity contribution is -0.137. The first kappa shape index (κ1) is 20.8. The summed E-state index contributed by atoms with van der Waals surface area (Å²) in [5, 5.41) is 2.73. The van der Waals surface area contributed by atoms with Gasteiger partial charge in [-0.2, -0.15) is 13.2 Å². The summed E-state index contributed by atoms with van der Waals surface area (Å²) in [6, 6.07) is 16.3. The highest BCUT2D eigenvalue weighted by Crippen LogP contribution is 2.30. The first-order valence-electron chi connectivity index (χ1n) is 10.0. The van der Waals surface area contributed by atoms with E-state index in [-0.39, 0.29) is 11.8 Å². The molecule has 3 aromatic rings. The Morgan fingerprint density at radius 1 is 0.968 bits per heavy atom. The predicted molar refractivity (Wildman–Crippen MR) is 112 cm³/mol. The zero-order valence-corrected chi connectivity index (χ0v) is 16.6. The molecule has 8 heteroatoms. The van der Waals surface area contributed by atoms with Crippen molar-refractivity contribution >= 4 is 17.4 Å². The Morgan fingerprint density at radius 2 is 1.65 bits per heavy atom. The van der Waals surface area contributed by atoms with Gasteiger partial charge in [-0.1, -0.05) is 30.3 Å². The standard InChI is InChI=1S/C23H21F3N4O/c24-23(25,26)18-6-8-19(9-7-18)29-22(31)17-10-12-30(13-11-17)21-14-20(27-15-28-21)16-4-2-1-3-5-16/h1-9,14-15,17H,10-13H2,(H,29,31). The summed E-state index contributed by atoms with van der Waals surface area (Å²) < 4.78 is 38.0. The number of nitrogens with zero attached hydrogens (tertiary/aromatic N) is 3. The maximum Gasteiger partial charge on any atom is 0.416 e. The van der Waals surface area contributed by atoms with Gasteiger partial charge in [-0.15, -0.1) is 0 Å². The Bertz CT molecular complexity index is 1030. The maximum absolute atomic E-state index is 12.7. The number of piperidine rings is 1. The molecule has 1 aliphatic rings. The summed E-state index contributed by atoms with van der Waals surface area (Å²) in [6.07, 6.45) is -1.58. The number of carbonyl (C=O) groups excluding carboxylic acids is 1. The minimum atomic E-state index is -4.39. The van der Waals surface area contributed by atoms with Crippen molar-refractivity contribution in [2.45, 2.75) is 19.0 Å². The molecule has 0 saturated carbocycles. The van der Waals surface area contributed by atoms with Gasteiger partial charge in [-0.05, 0) is 37.1 Å². The maximum atomic E-state index is 12.7. The Morgan fingerprint density at radius 3 is 2.29 bits per heavy atom. The van der Waals surface area contributed by atoms with Crippen LogP contribution >= 0.6 is 0 Å². The molecule has 4 rings (SSSR count). The number of benzene rings is 2. The molecule has 1 saturated heterocycles. The molecule has 0 radical (unpaired) electrons. The smallest absolute Gasteiger partial charge is 0.356 e. The SMILES string of the molecule is O=C(Nc1ccc(C(F)(F)F)cc1)C1CCN(c2cc(-c3ccccc3)ncn2)CC1. The highest BCUT2D eigenvalue weighted by Gasteiger charge is 2.30. The Hall–Kier alpha value is -3.42. The summed E-state index contributed by atoms with van der Waals surface area (Å²) in [6.45, 7) is 1.33. The Kier molecular flexibility index (Phi) is 5.88. The molecule has 31 heavy (non-hydrogen) atoms. The molecule has 0 unspecified atom stereocenters. The average Bonchev–Trinajstić information content (AvgIpc) is 2.79. The molecule has 2 heterocycles. The molecule has 1 fully saturated rings. The normalized spacial score (nSPS) is 15.0. The second-order valence-electron chi connectivity index (χ2n) is 7.45. The fraction of sp³-hybridized carbons (Fsp3) is 0.261. The molecule has 1 amide bonds. The van der Waals surface area contributed by atoms with Crippen LogP contribution in [0.4, 0.5) is 24.7 Å². The average molecular weight is 426 g/mol. The minimum absolute atomic E-state index is 0.174. The van der Waals surface area contributed by atoms with Gasteiger partial charge >= 0.3 is 6.18 Å². The predicted octanol–water partition coefficient (Wildman–Crippen LogP) is 5.02. The van der Waals surface area contributed by atoms with Crippen LogP contribution in [0.5, 0.6) is 0 Å². The number of hydrogen-bond donors (Lipinski definition) is 1. The Balaban J connectivity index is 1.35. The van der Waals surface area contributed by atoms with Crippen LogP contribution in [0.25, 0.3) is 11.3 Å². The van der Waals surface area contributed by atoms with Gasteiger partial charge in [-0.25, -0.2) is 9.97 Å². The van der Waals surface area contributed by atoms with Gasteiger partial charge in [0.05, 0.1) is 11.3 Å². The summed E-state index contributed by atoms with van der Waals surface area (Å²) in [5.41, 5.74) is 1.48. The molecule has 1 aliphatic heterocycles. The lowest BCUT2D eigenvalue weighted by Crippen LogP contribution is -2.38. The molecule has 0 spiro atoms. The van der Waals surface area contributed by atoms with Crippen molar-refractivity contribution in [2.75, 3.05) is 23.3 Å². The quantitative estimate of drug-likeness (QED) is 0.637. The van der Waals surface area contributed by atoms with Crippen molar-refractivity contribution in [3.05, 3.63) is 72.6 Å². The first-order valence-corrected chi connectivity index (χ1v) is 10.0. The number of nitrogens with one attached hydrogen (secondary N) is 1. The van der Waals surface area contributed by atoms with E-state index in [2.05, 4.69) is 20.2 Å². The molecule has 1 aromatic heterocycles. The van der Waals surface area contributed by atoms with Gasteiger partial charge < -0.3 is 10.2 Å². The van der Waals surface area contributed by atoms with E-state index in [1.165, 1.54) is 12.1 Å². The summed E-state index contributed by atoms with van der Waals surface area (Å²) in [7, 11) is 0. The van der Waals surface area contributed by atoms with Crippen molar-refractivity contribution in [3.8, 4) is 11.3 Å². The first-order chi connectivity index (χ1) is 14.9. The van der Waals surface area contributed by atoms with E-state index in [0.717, 1.165) is 29.2 Å². The Labute approximate surface area is 178 Å². The van der Waals surface area contributed by atoms with Crippen LogP contribution in [0.2, 0.25) is 0 Å². The van der Waals surface area contributed by atoms with E-state index in [1.807, 2.05) is 36.4 Å². The minimum Gasteiger partial charge on any atom is -0.356 e. The van der Waals surface area contributed by atoms with Crippen LogP contribution in [0.15, 0.2) is 67.0 Å². The van der Waals surface area contributed by atoms with Crippen molar-refractivity contribution < 1.29 is 18.0 Å². The highest BCUT2D eigenvalue weighted by molar-refractivity contribution is 5.92. The third-order valence-corrected chi connectivity index (χ3v) is 5.39. The number of carbonyl (C=O) groups is 1. The number of amides is 1. The van der Waals surface area contributed by atoms with Crippen molar-refractivity contribution in [3.63, 3.8) is 0 Å². The van der Waals surface area contributed by atoms with Gasteiger partial charge in [0.25, 0.3) is 0 Å². The number of aromatic nitrogens is 2. The molecule has 1 N–H and O–H groups in total. The van der Waals surface area contributed by atoms with Gasteiger partial charge in [0.2, 0.25) is 5.91 Å². The van der Waals surface area contributed by atoms with Crippen molar-refractivity contribution in [2.24, 2.45) is 5.92 Å². The van der Waals surface area contributed by atoms with Gasteiger partial charge in [0, 0.05) is 36.3 Å². The lowest BCUT2D eigenvalue weighted by Gasteiger charge is -2.32. The zero-order chi connectivity index (χ0) is 21.8. The lowest BCUT2D eigenvalue weighted by atomic mass is 9.95. The third kappa shape index (κ3) is 5.02. The molecule has 0 atom stereocenters. The summed E-state index contributed by atoms with van der Waals surface area (Å²) >= 11 is 0. The number of anilines is 2. The largest absolute Gasteiger partial charge is 0.416 e. The monoisotopic (exact) mass is 426 g/mol. The number of rotatable bonds is 4. The molecule has 160 valence electrons. The van der Waals surface area contributed by atoms with E-state index in [0.29, 0.717) is 31.6 Å². The molecule has 0 bridgehead atoms. The number of alkyl halides is 3. The molecular formula is C23H21F3N4O. The molecule has 2 aromatic carbocycles. The van der Waals surface area contributed by atoms with Crippen molar-refractivity contribution in [1.29, 1.82) is 0 Å². The fourth-order valence-corrected chi connectivity index (χ4v) is 3.64. The second kappa shape index (κ2) is 8.75. The zero-order valence-electron chi connectivity index (χ0n) is 16.6. The van der Waals surface area contributed by atoms with Gasteiger partial charge in [-0.3, -0.25) is 4.79 Å². The van der Waals surface area contributed by atoms with Crippen LogP contribution in [0, 0.1) is 5.92 Å². The second-order valence-corrected chi connectivity index (χ2v) is 7.45. The fourth-order valence-electron chi connectivity index (χ4n) is 3.64. The van der Waals surface area contributed by atoms with Crippen LogP contribution < -0.4 is 10.2 Å². The van der Waals surface area contributed by atoms with Crippen LogP contribution in [0.3, 0.4) is 0 Å². The molecular weight excluding hydrogens is 405 g/mol. The van der Waals surface area contributed by atoms with E-state index in [9.17, 15) is 18.0 Å². The number of hydrogen-bond acceptors (Lipinski definition) is 4. The number of halogens is 3. The van der Waals surface area contributed by atoms with E-state index in [4.69, 9.17) is 0 Å². The van der Waals surface area contributed by atoms with Gasteiger partial charge in [0.1, 0.15) is 12.1 Å². The van der Waals surface area contributed by atoms with E-state index < -0.39 is 11.7 Å². The third-order valence-electron chi connectivity index (χ3n) is 5.39. The van der Waals surface area contributed by atoms with E-state index >= 15 is 0 Å². The molecule has 5 nitrogen and oxygen atoms in total. The highest BCUT2D eigenvalue weighted by atomic mass is 19.4.